The van der Waals surface area contributed by atoms with E-state index in [1.165, 1.54) is 18.6 Å². The average molecular weight is 332 g/mol. The van der Waals surface area contributed by atoms with Crippen molar-refractivity contribution in [2.24, 2.45) is 10.3 Å². The molecule has 1 N–H and O–H groups in total. The lowest BCUT2D eigenvalue weighted by atomic mass is 10.1. The first-order valence-corrected chi connectivity index (χ1v) is 8.26. The number of aromatic amines is 1. The van der Waals surface area contributed by atoms with Crippen LogP contribution in [0.1, 0.15) is 43.6 Å². The number of carbonyl (C=O) groups excluding carboxylic acids is 1. The minimum absolute atomic E-state index is 0.200. The van der Waals surface area contributed by atoms with Crippen LogP contribution < -0.4 is 0 Å². The SMILES string of the molecule is CCOC(=O)c1[nH]c2ccc(F)cc2c1N=NN1CCCCC1C. The fraction of sp³-hybridized carbons (Fsp3) is 0.471. The second-order valence-electron chi connectivity index (χ2n) is 5.96. The first-order chi connectivity index (χ1) is 11.6. The number of H-pyrrole nitrogens is 1. The fourth-order valence-electron chi connectivity index (χ4n) is 2.92. The molecule has 7 heteroatoms. The van der Waals surface area contributed by atoms with E-state index in [0.717, 1.165) is 19.4 Å². The third kappa shape index (κ3) is 3.25. The van der Waals surface area contributed by atoms with Crippen molar-refractivity contribution >= 4 is 22.6 Å². The number of fused-ring (bicyclic) bond motifs is 1. The van der Waals surface area contributed by atoms with Crippen LogP contribution in [0, 0.1) is 5.82 Å². The normalized spacial score (nSPS) is 18.5. The summed E-state index contributed by atoms with van der Waals surface area (Å²) in [6.45, 7) is 4.91. The van der Waals surface area contributed by atoms with Crippen molar-refractivity contribution in [1.29, 1.82) is 0 Å². The Morgan fingerprint density at radius 2 is 2.29 bits per heavy atom. The minimum Gasteiger partial charge on any atom is -0.461 e. The molecule has 128 valence electrons. The monoisotopic (exact) mass is 332 g/mol. The molecule has 3 rings (SSSR count). The van der Waals surface area contributed by atoms with Gasteiger partial charge >= 0.3 is 5.97 Å². The van der Waals surface area contributed by atoms with Gasteiger partial charge in [-0.05, 0) is 51.3 Å². The second-order valence-corrected chi connectivity index (χ2v) is 5.96. The molecule has 1 saturated heterocycles. The van der Waals surface area contributed by atoms with Crippen molar-refractivity contribution in [3.8, 4) is 0 Å². The lowest BCUT2D eigenvalue weighted by molar-refractivity contribution is 0.0521. The molecule has 1 atom stereocenters. The maximum Gasteiger partial charge on any atom is 0.357 e. The zero-order valence-corrected chi connectivity index (χ0v) is 13.9. The molecule has 0 radical (unpaired) electrons. The molecule has 0 spiro atoms. The molecule has 24 heavy (non-hydrogen) atoms. The molecule has 0 bridgehead atoms. The number of hydrogen-bond acceptors (Lipinski definition) is 4. The number of nitrogens with zero attached hydrogens (tertiary/aromatic N) is 3. The molecule has 0 aliphatic carbocycles. The van der Waals surface area contributed by atoms with Crippen LogP contribution in [0.25, 0.3) is 10.9 Å². The Hall–Kier alpha value is -2.44. The maximum atomic E-state index is 13.6. The fourth-order valence-corrected chi connectivity index (χ4v) is 2.92. The molecule has 0 amide bonds. The van der Waals surface area contributed by atoms with E-state index in [1.54, 1.807) is 13.0 Å². The number of aromatic nitrogens is 1. The molecular weight excluding hydrogens is 311 g/mol. The van der Waals surface area contributed by atoms with Gasteiger partial charge in [0, 0.05) is 23.5 Å². The molecule has 2 aromatic rings. The summed E-state index contributed by atoms with van der Waals surface area (Å²) in [5.41, 5.74) is 1.15. The Morgan fingerprint density at radius 1 is 1.46 bits per heavy atom. The molecule has 1 aliphatic heterocycles. The van der Waals surface area contributed by atoms with Gasteiger partial charge in [0.1, 0.15) is 11.5 Å². The molecule has 1 aromatic heterocycles. The predicted octanol–water partition coefficient (Wildman–Crippen LogP) is 4.36. The Kier molecular flexibility index (Phi) is 4.78. The Balaban J connectivity index is 2.01. The van der Waals surface area contributed by atoms with E-state index in [9.17, 15) is 9.18 Å². The summed E-state index contributed by atoms with van der Waals surface area (Å²) in [6, 6.07) is 4.57. The van der Waals surface area contributed by atoms with Crippen LogP contribution in [0.2, 0.25) is 0 Å². The van der Waals surface area contributed by atoms with Crippen molar-refractivity contribution in [2.45, 2.75) is 39.2 Å². The number of benzene rings is 1. The molecule has 2 heterocycles. The van der Waals surface area contributed by atoms with Crippen LogP contribution in [0.3, 0.4) is 0 Å². The summed E-state index contributed by atoms with van der Waals surface area (Å²) in [4.78, 5) is 15.1. The number of esters is 1. The van der Waals surface area contributed by atoms with Gasteiger partial charge in [-0.2, -0.15) is 0 Å². The second kappa shape index (κ2) is 6.98. The zero-order valence-electron chi connectivity index (χ0n) is 13.9. The Bertz CT molecular complexity index is 771. The largest absolute Gasteiger partial charge is 0.461 e. The predicted molar refractivity (Wildman–Crippen MR) is 88.7 cm³/mol. The number of rotatable bonds is 4. The van der Waals surface area contributed by atoms with Gasteiger partial charge in [-0.25, -0.2) is 9.18 Å². The molecule has 0 saturated carbocycles. The summed E-state index contributed by atoms with van der Waals surface area (Å²) in [6.07, 6.45) is 3.31. The van der Waals surface area contributed by atoms with Gasteiger partial charge in [0.05, 0.1) is 6.61 Å². The highest BCUT2D eigenvalue weighted by Gasteiger charge is 2.21. The highest BCUT2D eigenvalue weighted by Crippen LogP contribution is 2.32. The third-order valence-corrected chi connectivity index (χ3v) is 4.24. The van der Waals surface area contributed by atoms with Crippen LogP contribution in [0.15, 0.2) is 28.5 Å². The van der Waals surface area contributed by atoms with E-state index in [4.69, 9.17) is 4.74 Å². The van der Waals surface area contributed by atoms with Crippen LogP contribution in [-0.2, 0) is 4.74 Å². The van der Waals surface area contributed by atoms with Crippen molar-refractivity contribution < 1.29 is 13.9 Å². The summed E-state index contributed by atoms with van der Waals surface area (Å²) in [7, 11) is 0. The zero-order chi connectivity index (χ0) is 17.1. The molecule has 1 aromatic carbocycles. The van der Waals surface area contributed by atoms with E-state index in [-0.39, 0.29) is 18.1 Å². The highest BCUT2D eigenvalue weighted by atomic mass is 19.1. The molecule has 1 fully saturated rings. The molecule has 6 nitrogen and oxygen atoms in total. The van der Waals surface area contributed by atoms with Crippen LogP contribution in [-0.4, -0.2) is 35.2 Å². The first-order valence-electron chi connectivity index (χ1n) is 8.26. The molecule has 1 unspecified atom stereocenters. The van der Waals surface area contributed by atoms with Crippen molar-refractivity contribution in [3.63, 3.8) is 0 Å². The number of nitrogens with one attached hydrogen (secondary N) is 1. The number of ether oxygens (including phenoxy) is 1. The van der Waals surface area contributed by atoms with E-state index in [0.29, 0.717) is 22.6 Å². The highest BCUT2D eigenvalue weighted by molar-refractivity contribution is 6.04. The van der Waals surface area contributed by atoms with Gasteiger partial charge in [0.15, 0.2) is 5.69 Å². The summed E-state index contributed by atoms with van der Waals surface area (Å²) in [5, 5.41) is 11.0. The van der Waals surface area contributed by atoms with Gasteiger partial charge in [0.25, 0.3) is 0 Å². The number of hydrogen-bond donors (Lipinski definition) is 1. The number of carbonyl (C=O) groups is 1. The summed E-state index contributed by atoms with van der Waals surface area (Å²) in [5.74, 6) is -0.908. The van der Waals surface area contributed by atoms with Crippen molar-refractivity contribution in [3.05, 3.63) is 29.7 Å². The lowest BCUT2D eigenvalue weighted by Crippen LogP contribution is -2.32. The summed E-state index contributed by atoms with van der Waals surface area (Å²) >= 11 is 0. The quantitative estimate of drug-likeness (QED) is 0.668. The molecule has 1 aliphatic rings. The smallest absolute Gasteiger partial charge is 0.357 e. The van der Waals surface area contributed by atoms with E-state index in [1.807, 2.05) is 5.01 Å². The van der Waals surface area contributed by atoms with Crippen molar-refractivity contribution in [2.75, 3.05) is 13.2 Å². The maximum absolute atomic E-state index is 13.6. The van der Waals surface area contributed by atoms with Crippen LogP contribution in [0.4, 0.5) is 10.1 Å². The Labute approximate surface area is 139 Å². The number of halogens is 1. The van der Waals surface area contributed by atoms with Gasteiger partial charge in [-0.15, -0.1) is 5.11 Å². The average Bonchev–Trinajstić information content (AvgIpc) is 2.92. The van der Waals surface area contributed by atoms with E-state index >= 15 is 0 Å². The van der Waals surface area contributed by atoms with E-state index in [2.05, 4.69) is 22.2 Å². The standard InChI is InChI=1S/C17H21FN4O2/c1-3-24-17(23)16-15(13-10-12(18)7-8-14(13)19-16)20-21-22-9-5-4-6-11(22)2/h7-8,10-11,19H,3-6,9H2,1-2H3. The van der Waals surface area contributed by atoms with Gasteiger partial charge < -0.3 is 9.72 Å². The first kappa shape index (κ1) is 16.4. The van der Waals surface area contributed by atoms with E-state index < -0.39 is 5.97 Å². The van der Waals surface area contributed by atoms with Crippen LogP contribution in [0.5, 0.6) is 0 Å². The minimum atomic E-state index is -0.519. The third-order valence-electron chi connectivity index (χ3n) is 4.24. The molecular formula is C17H21FN4O2. The topological polar surface area (TPSA) is 70.0 Å². The lowest BCUT2D eigenvalue weighted by Gasteiger charge is -2.29. The van der Waals surface area contributed by atoms with Gasteiger partial charge in [0.2, 0.25) is 0 Å². The van der Waals surface area contributed by atoms with Gasteiger partial charge in [-0.1, -0.05) is 5.22 Å². The van der Waals surface area contributed by atoms with Gasteiger partial charge in [-0.3, -0.25) is 5.01 Å². The summed E-state index contributed by atoms with van der Waals surface area (Å²) < 4.78 is 18.7. The Morgan fingerprint density at radius 3 is 3.04 bits per heavy atom. The van der Waals surface area contributed by atoms with Crippen molar-refractivity contribution in [1.82, 2.24) is 9.99 Å². The van der Waals surface area contributed by atoms with Crippen LogP contribution >= 0.6 is 0 Å². The number of piperidine rings is 1.